The summed E-state index contributed by atoms with van der Waals surface area (Å²) in [5.41, 5.74) is -0.610. The molecule has 1 rings (SSSR count). The molecule has 0 heterocycles. The maximum atomic E-state index is 11.1. The standard InChI is InChI=1S/C10H16O2/c1-5-7(2)10(8(11)12)6-9(10,3)4/h5,7H,1,6H2,2-4H3,(H,11,12)/t7?,10-/m0/s1. The Kier molecular flexibility index (Phi) is 1.82. The highest BCUT2D eigenvalue weighted by Gasteiger charge is 2.68. The van der Waals surface area contributed by atoms with Crippen LogP contribution in [0, 0.1) is 16.7 Å². The van der Waals surface area contributed by atoms with Gasteiger partial charge >= 0.3 is 5.97 Å². The van der Waals surface area contributed by atoms with Crippen LogP contribution in [-0.4, -0.2) is 11.1 Å². The van der Waals surface area contributed by atoms with Crippen LogP contribution in [-0.2, 0) is 4.79 Å². The van der Waals surface area contributed by atoms with Crippen LogP contribution in [0.3, 0.4) is 0 Å². The number of allylic oxidation sites excluding steroid dienone is 1. The fraction of sp³-hybridized carbons (Fsp3) is 0.700. The summed E-state index contributed by atoms with van der Waals surface area (Å²) in [4.78, 5) is 11.1. The molecule has 1 unspecified atom stereocenters. The average Bonchev–Trinajstić information content (AvgIpc) is 2.54. The van der Waals surface area contributed by atoms with Crippen LogP contribution < -0.4 is 0 Å². The molecular formula is C10H16O2. The number of carboxylic acid groups (broad SMARTS) is 1. The molecule has 0 aliphatic heterocycles. The smallest absolute Gasteiger partial charge is 0.310 e. The second kappa shape index (κ2) is 2.35. The molecular weight excluding hydrogens is 152 g/mol. The summed E-state index contributed by atoms with van der Waals surface area (Å²) in [6, 6.07) is 0. The Balaban J connectivity index is 2.94. The van der Waals surface area contributed by atoms with Crippen LogP contribution in [0.15, 0.2) is 12.7 Å². The lowest BCUT2D eigenvalue weighted by molar-refractivity contribution is -0.146. The minimum absolute atomic E-state index is 0.0602. The van der Waals surface area contributed by atoms with Crippen molar-refractivity contribution in [2.75, 3.05) is 0 Å². The van der Waals surface area contributed by atoms with E-state index in [4.69, 9.17) is 5.11 Å². The lowest BCUT2D eigenvalue weighted by atomic mass is 9.84. The molecule has 0 aromatic rings. The maximum absolute atomic E-state index is 11.1. The van der Waals surface area contributed by atoms with Gasteiger partial charge in [-0.05, 0) is 17.8 Å². The Labute approximate surface area is 73.3 Å². The fourth-order valence-electron chi connectivity index (χ4n) is 2.19. The lowest BCUT2D eigenvalue weighted by Crippen LogP contribution is -2.27. The first-order valence-electron chi connectivity index (χ1n) is 4.24. The van der Waals surface area contributed by atoms with E-state index in [2.05, 4.69) is 6.58 Å². The van der Waals surface area contributed by atoms with E-state index in [-0.39, 0.29) is 11.3 Å². The van der Waals surface area contributed by atoms with Crippen LogP contribution in [0.4, 0.5) is 0 Å². The number of rotatable bonds is 3. The van der Waals surface area contributed by atoms with Gasteiger partial charge in [-0.2, -0.15) is 0 Å². The van der Waals surface area contributed by atoms with E-state index < -0.39 is 11.4 Å². The predicted molar refractivity (Wildman–Crippen MR) is 47.8 cm³/mol. The van der Waals surface area contributed by atoms with Gasteiger partial charge in [0.25, 0.3) is 0 Å². The van der Waals surface area contributed by atoms with Crippen molar-refractivity contribution in [1.29, 1.82) is 0 Å². The third-order valence-electron chi connectivity index (χ3n) is 3.32. The van der Waals surface area contributed by atoms with Gasteiger partial charge in [-0.25, -0.2) is 0 Å². The van der Waals surface area contributed by atoms with Gasteiger partial charge in [-0.1, -0.05) is 26.8 Å². The fourth-order valence-corrected chi connectivity index (χ4v) is 2.19. The largest absolute Gasteiger partial charge is 0.481 e. The monoisotopic (exact) mass is 168 g/mol. The molecule has 0 saturated heterocycles. The summed E-state index contributed by atoms with van der Waals surface area (Å²) >= 11 is 0. The molecule has 0 bridgehead atoms. The zero-order chi connectivity index (χ0) is 9.57. The summed E-state index contributed by atoms with van der Waals surface area (Å²) in [6.07, 6.45) is 2.51. The van der Waals surface area contributed by atoms with Gasteiger partial charge in [-0.15, -0.1) is 6.58 Å². The molecule has 68 valence electrons. The summed E-state index contributed by atoms with van der Waals surface area (Å²) in [7, 11) is 0. The van der Waals surface area contributed by atoms with Gasteiger partial charge in [0.05, 0.1) is 5.41 Å². The minimum Gasteiger partial charge on any atom is -0.481 e. The molecule has 0 spiro atoms. The Bertz CT molecular complexity index is 230. The van der Waals surface area contributed by atoms with E-state index in [1.54, 1.807) is 6.08 Å². The van der Waals surface area contributed by atoms with E-state index in [1.165, 1.54) is 0 Å². The van der Waals surface area contributed by atoms with Gasteiger partial charge in [-0.3, -0.25) is 4.79 Å². The maximum Gasteiger partial charge on any atom is 0.310 e. The summed E-state index contributed by atoms with van der Waals surface area (Å²) in [5, 5.41) is 9.09. The van der Waals surface area contributed by atoms with Crippen molar-refractivity contribution in [3.63, 3.8) is 0 Å². The third-order valence-corrected chi connectivity index (χ3v) is 3.32. The molecule has 2 heteroatoms. The SMILES string of the molecule is C=CC(C)[C@]1(C(=O)O)CC1(C)C. The number of aliphatic carboxylic acids is 1. The van der Waals surface area contributed by atoms with Crippen molar-refractivity contribution in [3.05, 3.63) is 12.7 Å². The van der Waals surface area contributed by atoms with Gasteiger partial charge in [0.1, 0.15) is 0 Å². The summed E-state index contributed by atoms with van der Waals surface area (Å²) in [6.45, 7) is 9.58. The molecule has 1 N–H and O–H groups in total. The molecule has 0 aromatic carbocycles. The third kappa shape index (κ3) is 0.904. The van der Waals surface area contributed by atoms with Gasteiger partial charge in [0, 0.05) is 0 Å². The molecule has 0 amide bonds. The van der Waals surface area contributed by atoms with Gasteiger partial charge < -0.3 is 5.11 Å². The highest BCUT2D eigenvalue weighted by Crippen LogP contribution is 2.67. The van der Waals surface area contributed by atoms with Crippen molar-refractivity contribution in [2.24, 2.45) is 16.7 Å². The molecule has 2 nitrogen and oxygen atoms in total. The first-order valence-corrected chi connectivity index (χ1v) is 4.24. The van der Waals surface area contributed by atoms with Crippen molar-refractivity contribution in [3.8, 4) is 0 Å². The van der Waals surface area contributed by atoms with Gasteiger partial charge in [0.15, 0.2) is 0 Å². The van der Waals surface area contributed by atoms with Crippen molar-refractivity contribution < 1.29 is 9.90 Å². The highest BCUT2D eigenvalue weighted by molar-refractivity contribution is 5.80. The molecule has 1 aliphatic carbocycles. The number of hydrogen-bond acceptors (Lipinski definition) is 1. The van der Waals surface area contributed by atoms with Crippen molar-refractivity contribution in [1.82, 2.24) is 0 Å². The zero-order valence-corrected chi connectivity index (χ0v) is 7.92. The molecule has 1 fully saturated rings. The Morgan fingerprint density at radius 3 is 2.17 bits per heavy atom. The summed E-state index contributed by atoms with van der Waals surface area (Å²) < 4.78 is 0. The first-order chi connectivity index (χ1) is 5.38. The van der Waals surface area contributed by atoms with Crippen LogP contribution >= 0.6 is 0 Å². The second-order valence-corrected chi connectivity index (χ2v) is 4.36. The molecule has 0 radical (unpaired) electrons. The Morgan fingerprint density at radius 2 is 2.08 bits per heavy atom. The molecule has 1 aliphatic rings. The average molecular weight is 168 g/mol. The Morgan fingerprint density at radius 1 is 1.67 bits per heavy atom. The number of carboxylic acids is 1. The zero-order valence-electron chi connectivity index (χ0n) is 7.92. The first kappa shape index (κ1) is 9.30. The predicted octanol–water partition coefficient (Wildman–Crippen LogP) is 2.31. The van der Waals surface area contributed by atoms with E-state index in [9.17, 15) is 4.79 Å². The minimum atomic E-state index is -0.681. The van der Waals surface area contributed by atoms with Crippen LogP contribution in [0.25, 0.3) is 0 Å². The summed E-state index contributed by atoms with van der Waals surface area (Å²) in [5.74, 6) is -0.620. The van der Waals surface area contributed by atoms with E-state index in [1.807, 2.05) is 20.8 Å². The van der Waals surface area contributed by atoms with Crippen molar-refractivity contribution in [2.45, 2.75) is 27.2 Å². The van der Waals surface area contributed by atoms with Crippen LogP contribution in [0.2, 0.25) is 0 Å². The molecule has 12 heavy (non-hydrogen) atoms. The normalized spacial score (nSPS) is 33.9. The number of hydrogen-bond donors (Lipinski definition) is 1. The molecule has 2 atom stereocenters. The second-order valence-electron chi connectivity index (χ2n) is 4.36. The molecule has 0 aromatic heterocycles. The van der Waals surface area contributed by atoms with E-state index in [0.29, 0.717) is 0 Å². The van der Waals surface area contributed by atoms with E-state index in [0.717, 1.165) is 6.42 Å². The van der Waals surface area contributed by atoms with E-state index >= 15 is 0 Å². The van der Waals surface area contributed by atoms with Crippen molar-refractivity contribution >= 4 is 5.97 Å². The topological polar surface area (TPSA) is 37.3 Å². The number of carbonyl (C=O) groups is 1. The highest BCUT2D eigenvalue weighted by atomic mass is 16.4. The van der Waals surface area contributed by atoms with Crippen LogP contribution in [0.1, 0.15) is 27.2 Å². The van der Waals surface area contributed by atoms with Crippen LogP contribution in [0.5, 0.6) is 0 Å². The Hall–Kier alpha value is -0.790. The van der Waals surface area contributed by atoms with Gasteiger partial charge in [0.2, 0.25) is 0 Å². The lowest BCUT2D eigenvalue weighted by Gasteiger charge is -2.20. The quantitative estimate of drug-likeness (QED) is 0.656. The molecule has 1 saturated carbocycles.